The van der Waals surface area contributed by atoms with Crippen LogP contribution in [0.4, 0.5) is 0 Å². The van der Waals surface area contributed by atoms with Gasteiger partial charge >= 0.3 is 0 Å². The monoisotopic (exact) mass is 320 g/mol. The Morgan fingerprint density at radius 1 is 1.26 bits per heavy atom. The molecule has 3 heterocycles. The van der Waals surface area contributed by atoms with E-state index in [1.165, 1.54) is 12.8 Å². The van der Waals surface area contributed by atoms with Crippen molar-refractivity contribution in [2.45, 2.75) is 45.4 Å². The average Bonchev–Trinajstić information content (AvgIpc) is 2.99. The van der Waals surface area contributed by atoms with E-state index in [0.717, 1.165) is 32.7 Å². The number of rotatable bonds is 4. The van der Waals surface area contributed by atoms with Gasteiger partial charge in [0.1, 0.15) is 0 Å². The zero-order valence-electron chi connectivity index (χ0n) is 14.2. The number of carbonyl (C=O) groups excluding carboxylic acids is 1. The second kappa shape index (κ2) is 7.45. The van der Waals surface area contributed by atoms with Crippen LogP contribution in [-0.4, -0.2) is 70.2 Å². The predicted molar refractivity (Wildman–Crippen MR) is 88.0 cm³/mol. The molecule has 6 heteroatoms. The molecule has 1 unspecified atom stereocenters. The minimum Gasteiger partial charge on any atom is -0.372 e. The molecule has 1 amide bonds. The highest BCUT2D eigenvalue weighted by molar-refractivity contribution is 5.78. The maximum atomic E-state index is 12.6. The van der Waals surface area contributed by atoms with Crippen LogP contribution in [0.1, 0.15) is 26.7 Å². The third-order valence-corrected chi connectivity index (χ3v) is 4.76. The van der Waals surface area contributed by atoms with Gasteiger partial charge in [0.25, 0.3) is 0 Å². The Kier molecular flexibility index (Phi) is 5.33. The van der Waals surface area contributed by atoms with Crippen LogP contribution < -0.4 is 0 Å². The molecule has 3 atom stereocenters. The second-order valence-corrected chi connectivity index (χ2v) is 7.06. The van der Waals surface area contributed by atoms with E-state index in [0.29, 0.717) is 12.5 Å². The lowest BCUT2D eigenvalue weighted by Gasteiger charge is -2.38. The van der Waals surface area contributed by atoms with Crippen LogP contribution in [0.2, 0.25) is 0 Å². The lowest BCUT2D eigenvalue weighted by atomic mass is 9.98. The number of carbonyl (C=O) groups is 1. The highest BCUT2D eigenvalue weighted by Gasteiger charge is 2.28. The van der Waals surface area contributed by atoms with Crippen LogP contribution in [0, 0.1) is 5.92 Å². The van der Waals surface area contributed by atoms with Crippen molar-refractivity contribution in [1.82, 2.24) is 19.4 Å². The van der Waals surface area contributed by atoms with Gasteiger partial charge in [0.05, 0.1) is 25.1 Å². The van der Waals surface area contributed by atoms with Crippen LogP contribution in [0.15, 0.2) is 18.7 Å². The first kappa shape index (κ1) is 16.5. The largest absolute Gasteiger partial charge is 0.372 e. The zero-order chi connectivity index (χ0) is 16.2. The third-order valence-electron chi connectivity index (χ3n) is 4.76. The average molecular weight is 320 g/mol. The number of imidazole rings is 1. The Morgan fingerprint density at radius 2 is 2.04 bits per heavy atom. The minimum absolute atomic E-state index is 0.137. The van der Waals surface area contributed by atoms with Gasteiger partial charge in [0.2, 0.25) is 5.91 Å². The molecular weight excluding hydrogens is 292 g/mol. The molecule has 2 aliphatic heterocycles. The van der Waals surface area contributed by atoms with Crippen molar-refractivity contribution >= 4 is 5.91 Å². The number of likely N-dealkylation sites (tertiary alicyclic amines) is 1. The molecule has 0 saturated carbocycles. The Morgan fingerprint density at radius 3 is 2.74 bits per heavy atom. The number of morpholine rings is 1. The summed E-state index contributed by atoms with van der Waals surface area (Å²) in [4.78, 5) is 21.0. The van der Waals surface area contributed by atoms with Gasteiger partial charge in [-0.2, -0.15) is 0 Å². The normalized spacial score (nSPS) is 29.7. The second-order valence-electron chi connectivity index (χ2n) is 7.06. The molecule has 1 aromatic heterocycles. The van der Waals surface area contributed by atoms with Crippen molar-refractivity contribution in [3.8, 4) is 0 Å². The molecule has 2 aliphatic rings. The molecule has 0 aromatic carbocycles. The number of aromatic nitrogens is 2. The van der Waals surface area contributed by atoms with Gasteiger partial charge < -0.3 is 14.2 Å². The summed E-state index contributed by atoms with van der Waals surface area (Å²) in [5.74, 6) is 0.851. The van der Waals surface area contributed by atoms with Crippen molar-refractivity contribution in [1.29, 1.82) is 0 Å². The highest BCUT2D eigenvalue weighted by atomic mass is 16.5. The van der Waals surface area contributed by atoms with E-state index in [1.807, 2.05) is 37.5 Å². The molecule has 0 radical (unpaired) electrons. The van der Waals surface area contributed by atoms with Gasteiger partial charge in [-0.15, -0.1) is 0 Å². The predicted octanol–water partition coefficient (Wildman–Crippen LogP) is 1.23. The van der Waals surface area contributed by atoms with E-state index < -0.39 is 0 Å². The molecule has 0 N–H and O–H groups in total. The molecule has 6 nitrogen and oxygen atoms in total. The fourth-order valence-corrected chi connectivity index (χ4v) is 3.81. The van der Waals surface area contributed by atoms with E-state index in [9.17, 15) is 4.79 Å². The smallest absolute Gasteiger partial charge is 0.236 e. The Labute approximate surface area is 138 Å². The topological polar surface area (TPSA) is 50.6 Å². The molecule has 0 bridgehead atoms. The van der Waals surface area contributed by atoms with Crippen molar-refractivity contribution in [2.24, 2.45) is 5.92 Å². The number of hydrogen-bond acceptors (Lipinski definition) is 4. The van der Waals surface area contributed by atoms with Crippen LogP contribution in [0.5, 0.6) is 0 Å². The van der Waals surface area contributed by atoms with Gasteiger partial charge in [0.15, 0.2) is 0 Å². The fourth-order valence-electron chi connectivity index (χ4n) is 3.81. The van der Waals surface area contributed by atoms with E-state index in [1.54, 1.807) is 0 Å². The van der Waals surface area contributed by atoms with Crippen LogP contribution in [0.3, 0.4) is 0 Å². The molecular formula is C17H28N4O2. The van der Waals surface area contributed by atoms with Gasteiger partial charge in [-0.25, -0.2) is 4.98 Å². The zero-order valence-corrected chi connectivity index (χ0v) is 14.2. The van der Waals surface area contributed by atoms with Crippen LogP contribution >= 0.6 is 0 Å². The van der Waals surface area contributed by atoms with Crippen LogP contribution in [-0.2, 0) is 16.1 Å². The Balaban J connectivity index is 1.49. The van der Waals surface area contributed by atoms with E-state index >= 15 is 0 Å². The summed E-state index contributed by atoms with van der Waals surface area (Å²) in [6.07, 6.45) is 8.39. The summed E-state index contributed by atoms with van der Waals surface area (Å²) < 4.78 is 7.86. The first-order valence-electron chi connectivity index (χ1n) is 8.71. The quantitative estimate of drug-likeness (QED) is 0.837. The van der Waals surface area contributed by atoms with Gasteiger partial charge in [-0.1, -0.05) is 0 Å². The molecule has 128 valence electrons. The van der Waals surface area contributed by atoms with E-state index in [-0.39, 0.29) is 18.1 Å². The first-order valence-corrected chi connectivity index (χ1v) is 8.71. The maximum Gasteiger partial charge on any atom is 0.236 e. The summed E-state index contributed by atoms with van der Waals surface area (Å²) in [6, 6.07) is 0. The lowest BCUT2D eigenvalue weighted by Crippen LogP contribution is -2.52. The first-order chi connectivity index (χ1) is 11.1. The third kappa shape index (κ3) is 4.54. The Bertz CT molecular complexity index is 495. The van der Waals surface area contributed by atoms with Gasteiger partial charge in [-0.3, -0.25) is 9.69 Å². The molecule has 0 spiro atoms. The molecule has 23 heavy (non-hydrogen) atoms. The van der Waals surface area contributed by atoms with E-state index in [4.69, 9.17) is 4.74 Å². The lowest BCUT2D eigenvalue weighted by molar-refractivity contribution is -0.144. The van der Waals surface area contributed by atoms with E-state index in [2.05, 4.69) is 14.5 Å². The summed E-state index contributed by atoms with van der Waals surface area (Å²) in [5.41, 5.74) is 0. The van der Waals surface area contributed by atoms with Crippen molar-refractivity contribution in [3.63, 3.8) is 0 Å². The van der Waals surface area contributed by atoms with Crippen molar-refractivity contribution in [2.75, 3.05) is 32.7 Å². The number of nitrogens with zero attached hydrogens (tertiary/aromatic N) is 4. The molecule has 2 saturated heterocycles. The molecule has 3 rings (SSSR count). The number of ether oxygens (including phenoxy) is 1. The maximum absolute atomic E-state index is 12.6. The highest BCUT2D eigenvalue weighted by Crippen LogP contribution is 2.19. The summed E-state index contributed by atoms with van der Waals surface area (Å²) in [7, 11) is 0. The fraction of sp³-hybridized carbons (Fsp3) is 0.765. The molecule has 0 aliphatic carbocycles. The molecule has 2 fully saturated rings. The minimum atomic E-state index is 0.137. The summed E-state index contributed by atoms with van der Waals surface area (Å²) in [5, 5.41) is 0. The van der Waals surface area contributed by atoms with Gasteiger partial charge in [-0.05, 0) is 39.2 Å². The summed E-state index contributed by atoms with van der Waals surface area (Å²) in [6.45, 7) is 9.08. The summed E-state index contributed by atoms with van der Waals surface area (Å²) >= 11 is 0. The van der Waals surface area contributed by atoms with Crippen molar-refractivity contribution in [3.05, 3.63) is 18.7 Å². The Hall–Kier alpha value is -1.40. The number of piperidine rings is 1. The number of hydrogen-bond donors (Lipinski definition) is 0. The van der Waals surface area contributed by atoms with Crippen molar-refractivity contribution < 1.29 is 9.53 Å². The molecule has 1 aromatic rings. The standard InChI is InChI=1S/C17H28N4O2/c1-14-8-21(9-15(2)23-14)17(22)12-19-6-3-4-16(10-19)11-20-7-5-18-13-20/h5,7,13-16H,3-4,6,8-12H2,1-2H3/t14-,15+,16?. The SMILES string of the molecule is C[C@@H]1CN(C(=O)CN2CCCC(Cn3ccnc3)C2)C[C@H](C)O1. The van der Waals surface area contributed by atoms with Crippen LogP contribution in [0.25, 0.3) is 0 Å². The number of amides is 1. The van der Waals surface area contributed by atoms with Gasteiger partial charge in [0, 0.05) is 38.6 Å².